The van der Waals surface area contributed by atoms with Crippen LogP contribution in [0.1, 0.15) is 24.0 Å². The maximum atomic E-state index is 12.6. The summed E-state index contributed by atoms with van der Waals surface area (Å²) in [4.78, 5) is 26.6. The highest BCUT2D eigenvalue weighted by atomic mass is 16.7. The highest BCUT2D eigenvalue weighted by molar-refractivity contribution is 5.92. The molecule has 0 aromatic heterocycles. The summed E-state index contributed by atoms with van der Waals surface area (Å²) in [6.45, 7) is 2.41. The monoisotopic (exact) mass is 462 g/mol. The van der Waals surface area contributed by atoms with Crippen molar-refractivity contribution in [3.63, 3.8) is 0 Å². The van der Waals surface area contributed by atoms with Gasteiger partial charge >= 0.3 is 0 Å². The van der Waals surface area contributed by atoms with Gasteiger partial charge in [0.1, 0.15) is 0 Å². The van der Waals surface area contributed by atoms with E-state index in [1.54, 1.807) is 18.2 Å². The molecule has 0 saturated carbocycles. The van der Waals surface area contributed by atoms with Crippen LogP contribution in [-0.2, 0) is 9.59 Å². The van der Waals surface area contributed by atoms with Crippen molar-refractivity contribution in [1.29, 1.82) is 0 Å². The molecular weight excluding hydrogens is 436 g/mol. The molecule has 5 rings (SSSR count). The largest absolute Gasteiger partial charge is 0.454 e. The van der Waals surface area contributed by atoms with E-state index in [1.165, 1.54) is 6.08 Å². The van der Waals surface area contributed by atoms with Gasteiger partial charge in [-0.15, -0.1) is 0 Å². The lowest BCUT2D eigenvalue weighted by atomic mass is 9.96. The van der Waals surface area contributed by atoms with Gasteiger partial charge in [0.15, 0.2) is 23.0 Å². The molecular formula is C26H26N2O6. The summed E-state index contributed by atoms with van der Waals surface area (Å²) in [5, 5.41) is 2.96. The molecule has 2 aromatic rings. The zero-order chi connectivity index (χ0) is 23.3. The van der Waals surface area contributed by atoms with Gasteiger partial charge in [-0.3, -0.25) is 9.59 Å². The van der Waals surface area contributed by atoms with Gasteiger partial charge in [0, 0.05) is 31.8 Å². The summed E-state index contributed by atoms with van der Waals surface area (Å²) in [6.07, 6.45) is 8.39. The molecule has 0 radical (unpaired) electrons. The fourth-order valence-corrected chi connectivity index (χ4v) is 4.14. The molecule has 0 spiro atoms. The SMILES string of the molecule is O=C(/C=C/c1ccc2c(c1)OCO2)NCC1CCN(C(=O)/C=C\c2ccc3c(c2)OCO3)CC1. The predicted molar refractivity (Wildman–Crippen MR) is 126 cm³/mol. The van der Waals surface area contributed by atoms with E-state index < -0.39 is 0 Å². The van der Waals surface area contributed by atoms with E-state index in [4.69, 9.17) is 18.9 Å². The highest BCUT2D eigenvalue weighted by Crippen LogP contribution is 2.33. The molecule has 2 amide bonds. The van der Waals surface area contributed by atoms with Crippen LogP contribution in [0.4, 0.5) is 0 Å². The summed E-state index contributed by atoms with van der Waals surface area (Å²) >= 11 is 0. The van der Waals surface area contributed by atoms with Crippen molar-refractivity contribution in [1.82, 2.24) is 10.2 Å². The Balaban J connectivity index is 1.04. The van der Waals surface area contributed by atoms with Crippen molar-refractivity contribution in [3.8, 4) is 23.0 Å². The summed E-state index contributed by atoms with van der Waals surface area (Å²) < 4.78 is 21.3. The molecule has 3 aliphatic rings. The summed E-state index contributed by atoms with van der Waals surface area (Å²) in [7, 11) is 0. The molecule has 1 saturated heterocycles. The van der Waals surface area contributed by atoms with Crippen LogP contribution in [0.2, 0.25) is 0 Å². The van der Waals surface area contributed by atoms with Crippen LogP contribution in [-0.4, -0.2) is 49.9 Å². The number of hydrogen-bond donors (Lipinski definition) is 1. The van der Waals surface area contributed by atoms with Gasteiger partial charge in [-0.05, 0) is 66.3 Å². The maximum Gasteiger partial charge on any atom is 0.246 e. The molecule has 0 atom stereocenters. The minimum absolute atomic E-state index is 0.00758. The number of rotatable bonds is 6. The number of piperidine rings is 1. The van der Waals surface area contributed by atoms with Crippen molar-refractivity contribution in [2.75, 3.05) is 33.2 Å². The van der Waals surface area contributed by atoms with Crippen LogP contribution in [0.25, 0.3) is 12.2 Å². The van der Waals surface area contributed by atoms with Gasteiger partial charge in [-0.1, -0.05) is 12.1 Å². The molecule has 2 aromatic carbocycles. The summed E-state index contributed by atoms with van der Waals surface area (Å²) in [5.41, 5.74) is 1.77. The Morgan fingerprint density at radius 1 is 0.824 bits per heavy atom. The number of amides is 2. The van der Waals surface area contributed by atoms with Crippen molar-refractivity contribution in [3.05, 3.63) is 59.7 Å². The first-order valence-electron chi connectivity index (χ1n) is 11.4. The quantitative estimate of drug-likeness (QED) is 0.664. The van der Waals surface area contributed by atoms with Gasteiger partial charge in [0.25, 0.3) is 0 Å². The van der Waals surface area contributed by atoms with E-state index in [0.717, 1.165) is 35.5 Å². The highest BCUT2D eigenvalue weighted by Gasteiger charge is 2.22. The minimum atomic E-state index is -0.136. The minimum Gasteiger partial charge on any atom is -0.454 e. The normalized spacial score (nSPS) is 17.0. The zero-order valence-electron chi connectivity index (χ0n) is 18.7. The van der Waals surface area contributed by atoms with Crippen molar-refractivity contribution >= 4 is 24.0 Å². The van der Waals surface area contributed by atoms with Crippen LogP contribution >= 0.6 is 0 Å². The van der Waals surface area contributed by atoms with E-state index in [9.17, 15) is 9.59 Å². The van der Waals surface area contributed by atoms with Crippen LogP contribution in [0, 0.1) is 5.92 Å². The number of benzene rings is 2. The van der Waals surface area contributed by atoms with E-state index in [0.29, 0.717) is 37.1 Å². The van der Waals surface area contributed by atoms with Crippen LogP contribution in [0.15, 0.2) is 48.6 Å². The second kappa shape index (κ2) is 9.91. The molecule has 0 unspecified atom stereocenters. The molecule has 176 valence electrons. The number of likely N-dealkylation sites (tertiary alicyclic amines) is 1. The predicted octanol–water partition coefficient (Wildman–Crippen LogP) is 3.23. The lowest BCUT2D eigenvalue weighted by Crippen LogP contribution is -2.40. The number of carbonyl (C=O) groups excluding carboxylic acids is 2. The molecule has 0 bridgehead atoms. The van der Waals surface area contributed by atoms with Crippen LogP contribution in [0.3, 0.4) is 0 Å². The molecule has 0 aliphatic carbocycles. The maximum absolute atomic E-state index is 12.6. The Morgan fingerprint density at radius 2 is 1.38 bits per heavy atom. The topological polar surface area (TPSA) is 86.3 Å². The number of nitrogens with one attached hydrogen (secondary N) is 1. The summed E-state index contributed by atoms with van der Waals surface area (Å²) in [6, 6.07) is 11.2. The van der Waals surface area contributed by atoms with E-state index >= 15 is 0 Å². The van der Waals surface area contributed by atoms with Gasteiger partial charge in [-0.25, -0.2) is 0 Å². The van der Waals surface area contributed by atoms with E-state index in [1.807, 2.05) is 41.3 Å². The zero-order valence-corrected chi connectivity index (χ0v) is 18.7. The Kier molecular flexibility index (Phi) is 6.38. The lowest BCUT2D eigenvalue weighted by molar-refractivity contribution is -0.127. The number of carbonyl (C=O) groups is 2. The first kappa shape index (κ1) is 21.9. The van der Waals surface area contributed by atoms with Crippen molar-refractivity contribution in [2.45, 2.75) is 12.8 Å². The van der Waals surface area contributed by atoms with E-state index in [2.05, 4.69) is 5.32 Å². The second-order valence-electron chi connectivity index (χ2n) is 8.41. The van der Waals surface area contributed by atoms with Crippen LogP contribution < -0.4 is 24.3 Å². The molecule has 34 heavy (non-hydrogen) atoms. The third-order valence-corrected chi connectivity index (χ3v) is 6.13. The van der Waals surface area contributed by atoms with Gasteiger partial charge in [-0.2, -0.15) is 0 Å². The Hall–Kier alpha value is -3.94. The molecule has 1 N–H and O–H groups in total. The smallest absolute Gasteiger partial charge is 0.246 e. The van der Waals surface area contributed by atoms with Crippen LogP contribution in [0.5, 0.6) is 23.0 Å². The van der Waals surface area contributed by atoms with Gasteiger partial charge in [0.2, 0.25) is 25.4 Å². The fraction of sp³-hybridized carbons (Fsp3) is 0.308. The first-order valence-corrected chi connectivity index (χ1v) is 11.4. The molecule has 3 heterocycles. The number of ether oxygens (including phenoxy) is 4. The number of fused-ring (bicyclic) bond motifs is 2. The average Bonchev–Trinajstić information content (AvgIpc) is 3.53. The average molecular weight is 463 g/mol. The van der Waals surface area contributed by atoms with Gasteiger partial charge < -0.3 is 29.2 Å². The molecule has 1 fully saturated rings. The van der Waals surface area contributed by atoms with E-state index in [-0.39, 0.29) is 25.4 Å². The Morgan fingerprint density at radius 3 is 2.00 bits per heavy atom. The number of nitrogens with zero attached hydrogens (tertiary/aromatic N) is 1. The fourth-order valence-electron chi connectivity index (χ4n) is 4.14. The summed E-state index contributed by atoms with van der Waals surface area (Å²) in [5.74, 6) is 3.04. The van der Waals surface area contributed by atoms with Crippen molar-refractivity contribution < 1.29 is 28.5 Å². The van der Waals surface area contributed by atoms with Crippen molar-refractivity contribution in [2.24, 2.45) is 5.92 Å². The third-order valence-electron chi connectivity index (χ3n) is 6.13. The second-order valence-corrected chi connectivity index (χ2v) is 8.41. The third kappa shape index (κ3) is 5.17. The lowest BCUT2D eigenvalue weighted by Gasteiger charge is -2.31. The number of hydrogen-bond acceptors (Lipinski definition) is 6. The Bertz CT molecular complexity index is 1130. The Labute approximate surface area is 197 Å². The van der Waals surface area contributed by atoms with Gasteiger partial charge in [0.05, 0.1) is 0 Å². The molecule has 8 nitrogen and oxygen atoms in total. The molecule has 3 aliphatic heterocycles. The first-order chi connectivity index (χ1) is 16.6. The molecule has 8 heteroatoms. The standard InChI is InChI=1S/C26H26N2O6/c29-25(7-3-18-1-5-21-23(13-18)33-16-31-21)27-15-20-9-11-28(12-10-20)26(30)8-4-19-2-6-22-24(14-19)34-17-32-22/h1-8,13-14,20H,9-12,15-17H2,(H,27,29)/b7-3+,8-4-.